The van der Waals surface area contributed by atoms with E-state index in [2.05, 4.69) is 51.3 Å². The van der Waals surface area contributed by atoms with Crippen molar-refractivity contribution in [3.8, 4) is 0 Å². The van der Waals surface area contributed by atoms with Gasteiger partial charge >= 0.3 is 0 Å². The van der Waals surface area contributed by atoms with E-state index in [1.807, 2.05) is 0 Å². The molecule has 0 spiro atoms. The molecule has 1 heteroatoms. The Morgan fingerprint density at radius 1 is 1.07 bits per heavy atom. The molecule has 0 bridgehead atoms. The summed E-state index contributed by atoms with van der Waals surface area (Å²) in [5, 5.41) is 2.90. The molecule has 2 rings (SSSR count). The van der Waals surface area contributed by atoms with E-state index in [0.717, 1.165) is 0 Å². The highest BCUT2D eigenvalue weighted by Gasteiger charge is 2.19. The Morgan fingerprint density at radius 3 is 2.27 bits per heavy atom. The van der Waals surface area contributed by atoms with Crippen molar-refractivity contribution in [2.75, 3.05) is 0 Å². The Bertz CT molecular complexity index is 495. The van der Waals surface area contributed by atoms with Crippen LogP contribution in [0.4, 0.5) is 0 Å². The molecule has 0 unspecified atom stereocenters. The molecule has 1 aliphatic rings. The van der Waals surface area contributed by atoms with Gasteiger partial charge in [-0.05, 0) is 58.2 Å². The second-order valence-electron chi connectivity index (χ2n) is 5.50. The summed E-state index contributed by atoms with van der Waals surface area (Å²) in [6.45, 7) is 11.3. The highest BCUT2D eigenvalue weighted by Crippen LogP contribution is 2.16. The Kier molecular flexibility index (Phi) is 2.29. The largest absolute Gasteiger partial charge is 0.340 e. The molecular weight excluding hydrogens is 182 g/mol. The third kappa shape index (κ3) is 1.54. The molecule has 0 fully saturated rings. The van der Waals surface area contributed by atoms with E-state index >= 15 is 0 Å². The second-order valence-corrected chi connectivity index (χ2v) is 5.50. The maximum absolute atomic E-state index is 2.48. The third-order valence-corrected chi connectivity index (χ3v) is 3.32. The van der Waals surface area contributed by atoms with Gasteiger partial charge < -0.3 is 4.57 Å². The van der Waals surface area contributed by atoms with E-state index in [4.69, 9.17) is 0 Å². The highest BCUT2D eigenvalue weighted by atomic mass is 15.0. The van der Waals surface area contributed by atoms with Crippen LogP contribution in [-0.2, 0) is 5.54 Å². The number of fused-ring (bicyclic) bond motifs is 1. The predicted octanol–water partition coefficient (Wildman–Crippen LogP) is 2.21. The first kappa shape index (κ1) is 10.5. The number of nitrogens with zero attached hydrogens (tertiary/aromatic N) is 1. The summed E-state index contributed by atoms with van der Waals surface area (Å²) < 4.78 is 2.48. The van der Waals surface area contributed by atoms with Crippen LogP contribution in [0.3, 0.4) is 0 Å². The van der Waals surface area contributed by atoms with Gasteiger partial charge in [-0.25, -0.2) is 0 Å². The summed E-state index contributed by atoms with van der Waals surface area (Å²) in [7, 11) is 0. The lowest BCUT2D eigenvalue weighted by atomic mass is 10.1. The van der Waals surface area contributed by atoms with Crippen LogP contribution in [-0.4, -0.2) is 4.57 Å². The average Bonchev–Trinajstić information content (AvgIpc) is 2.39. The van der Waals surface area contributed by atoms with Crippen LogP contribution in [0, 0.1) is 13.8 Å². The molecule has 0 radical (unpaired) electrons. The van der Waals surface area contributed by atoms with E-state index in [9.17, 15) is 0 Å². The lowest BCUT2D eigenvalue weighted by Crippen LogP contribution is -2.39. The zero-order valence-electron chi connectivity index (χ0n) is 10.5. The van der Waals surface area contributed by atoms with Gasteiger partial charge in [0.15, 0.2) is 0 Å². The first-order valence-corrected chi connectivity index (χ1v) is 5.81. The Labute approximate surface area is 92.1 Å². The molecule has 0 amide bonds. The minimum atomic E-state index is 0.185. The van der Waals surface area contributed by atoms with Crippen molar-refractivity contribution in [3.63, 3.8) is 0 Å². The molecule has 0 aliphatic heterocycles. The van der Waals surface area contributed by atoms with Gasteiger partial charge in [-0.3, -0.25) is 0 Å². The second kappa shape index (κ2) is 3.26. The summed E-state index contributed by atoms with van der Waals surface area (Å²) in [5.74, 6) is 0. The smallest absolute Gasteiger partial charge is 0.0446 e. The van der Waals surface area contributed by atoms with Gasteiger partial charge in [0.25, 0.3) is 0 Å². The summed E-state index contributed by atoms with van der Waals surface area (Å²) in [6.07, 6.45) is 7.16. The lowest BCUT2D eigenvalue weighted by molar-refractivity contribution is 0.380. The molecule has 0 N–H and O–H groups in total. The number of rotatable bonds is 0. The zero-order chi connectivity index (χ0) is 11.2. The molecule has 1 aliphatic carbocycles. The maximum Gasteiger partial charge on any atom is 0.0446 e. The van der Waals surface area contributed by atoms with Crippen molar-refractivity contribution in [1.29, 1.82) is 0 Å². The van der Waals surface area contributed by atoms with Crippen molar-refractivity contribution in [2.45, 2.75) is 53.0 Å². The van der Waals surface area contributed by atoms with Gasteiger partial charge in [0.2, 0.25) is 0 Å². The molecule has 1 aromatic heterocycles. The summed E-state index contributed by atoms with van der Waals surface area (Å²) in [4.78, 5) is 0. The van der Waals surface area contributed by atoms with E-state index in [-0.39, 0.29) is 5.54 Å². The SMILES string of the molecule is Cc1c(C)n(C(C)(C)C)c2c1=CCCC=2. The van der Waals surface area contributed by atoms with Crippen LogP contribution >= 0.6 is 0 Å². The molecule has 82 valence electrons. The summed E-state index contributed by atoms with van der Waals surface area (Å²) >= 11 is 0. The average molecular weight is 203 g/mol. The Morgan fingerprint density at radius 2 is 1.67 bits per heavy atom. The molecule has 1 nitrogen and oxygen atoms in total. The van der Waals surface area contributed by atoms with E-state index in [0.29, 0.717) is 0 Å². The molecule has 15 heavy (non-hydrogen) atoms. The Hall–Kier alpha value is -0.980. The minimum Gasteiger partial charge on any atom is -0.340 e. The zero-order valence-corrected chi connectivity index (χ0v) is 10.5. The standard InChI is InChI=1S/C14H21N/c1-10-11(2)15(14(3,4)5)13-9-7-6-8-12(10)13/h8-9H,6-7H2,1-5H3. The van der Waals surface area contributed by atoms with Crippen molar-refractivity contribution < 1.29 is 0 Å². The highest BCUT2D eigenvalue weighted by molar-refractivity contribution is 5.42. The monoisotopic (exact) mass is 203 g/mol. The Balaban J connectivity index is 2.89. The summed E-state index contributed by atoms with van der Waals surface area (Å²) in [5.41, 5.74) is 3.06. The van der Waals surface area contributed by atoms with Crippen LogP contribution < -0.4 is 10.6 Å². The third-order valence-electron chi connectivity index (χ3n) is 3.32. The fraction of sp³-hybridized carbons (Fsp3) is 0.571. The van der Waals surface area contributed by atoms with Crippen molar-refractivity contribution in [3.05, 3.63) is 21.8 Å². The molecule has 0 saturated heterocycles. The number of hydrogen-bond donors (Lipinski definition) is 0. The van der Waals surface area contributed by atoms with Crippen molar-refractivity contribution >= 4 is 12.2 Å². The van der Waals surface area contributed by atoms with Crippen LogP contribution in [0.5, 0.6) is 0 Å². The van der Waals surface area contributed by atoms with Gasteiger partial charge in [-0.15, -0.1) is 0 Å². The van der Waals surface area contributed by atoms with Crippen molar-refractivity contribution in [1.82, 2.24) is 4.57 Å². The fourth-order valence-electron chi connectivity index (χ4n) is 2.63. The topological polar surface area (TPSA) is 4.93 Å². The molecule has 0 atom stereocenters. The first-order chi connectivity index (χ1) is 6.93. The van der Waals surface area contributed by atoms with Gasteiger partial charge in [0, 0.05) is 16.6 Å². The lowest BCUT2D eigenvalue weighted by Gasteiger charge is -2.24. The van der Waals surface area contributed by atoms with Crippen LogP contribution in [0.25, 0.3) is 12.2 Å². The first-order valence-electron chi connectivity index (χ1n) is 5.81. The molecule has 1 aromatic rings. The molecular formula is C14H21N. The predicted molar refractivity (Wildman–Crippen MR) is 66.3 cm³/mol. The van der Waals surface area contributed by atoms with Crippen LogP contribution in [0.1, 0.15) is 44.9 Å². The van der Waals surface area contributed by atoms with Gasteiger partial charge in [0.05, 0.1) is 0 Å². The van der Waals surface area contributed by atoms with Crippen molar-refractivity contribution in [2.24, 2.45) is 0 Å². The molecule has 1 heterocycles. The molecule has 0 saturated carbocycles. The van der Waals surface area contributed by atoms with Gasteiger partial charge in [-0.1, -0.05) is 12.2 Å². The maximum atomic E-state index is 2.48. The summed E-state index contributed by atoms with van der Waals surface area (Å²) in [6, 6.07) is 0. The minimum absolute atomic E-state index is 0.185. The van der Waals surface area contributed by atoms with E-state index in [1.165, 1.54) is 34.7 Å². The van der Waals surface area contributed by atoms with Crippen LogP contribution in [0.15, 0.2) is 0 Å². The van der Waals surface area contributed by atoms with E-state index < -0.39 is 0 Å². The number of aromatic nitrogens is 1. The quantitative estimate of drug-likeness (QED) is 0.609. The van der Waals surface area contributed by atoms with Crippen LogP contribution in [0.2, 0.25) is 0 Å². The fourth-order valence-corrected chi connectivity index (χ4v) is 2.63. The van der Waals surface area contributed by atoms with E-state index in [1.54, 1.807) is 0 Å². The molecule has 0 aromatic carbocycles. The van der Waals surface area contributed by atoms with Gasteiger partial charge in [0.1, 0.15) is 0 Å². The normalized spacial score (nSPS) is 15.5. The number of hydrogen-bond acceptors (Lipinski definition) is 0. The van der Waals surface area contributed by atoms with Gasteiger partial charge in [-0.2, -0.15) is 0 Å².